The van der Waals surface area contributed by atoms with Gasteiger partial charge in [0.2, 0.25) is 9.05 Å². The second-order valence-corrected chi connectivity index (χ2v) is 6.75. The molecule has 0 heterocycles. The van der Waals surface area contributed by atoms with Gasteiger partial charge in [0.15, 0.2) is 0 Å². The Bertz CT molecular complexity index is 277. The smallest absolute Gasteiger partial charge is 0.232 e. The molecule has 0 radical (unpaired) electrons. The van der Waals surface area contributed by atoms with Crippen molar-refractivity contribution in [3.05, 3.63) is 0 Å². The Morgan fingerprint density at radius 2 is 2.07 bits per heavy atom. The molecule has 0 unspecified atom stereocenters. The topological polar surface area (TPSA) is 46.6 Å². The van der Waals surface area contributed by atoms with Crippen molar-refractivity contribution in [3.63, 3.8) is 0 Å². The second kappa shape index (κ2) is 6.03. The zero-order valence-electron chi connectivity index (χ0n) is 8.99. The Labute approximate surface area is 96.0 Å². The van der Waals surface area contributed by atoms with E-state index in [1.807, 2.05) is 0 Å². The van der Waals surface area contributed by atoms with Gasteiger partial charge in [0, 0.05) is 30.4 Å². The third kappa shape index (κ3) is 6.35. The maximum atomic E-state index is 10.7. The van der Waals surface area contributed by atoms with Gasteiger partial charge in [-0.1, -0.05) is 0 Å². The molecule has 0 bridgehead atoms. The van der Waals surface area contributed by atoms with Gasteiger partial charge < -0.3 is 4.74 Å². The monoisotopic (exact) mass is 255 g/mol. The van der Waals surface area contributed by atoms with E-state index in [4.69, 9.17) is 15.4 Å². The van der Waals surface area contributed by atoms with Crippen LogP contribution in [-0.2, 0) is 13.8 Å². The Balaban J connectivity index is 2.19. The summed E-state index contributed by atoms with van der Waals surface area (Å²) in [7, 11) is 3.49. The molecule has 6 heteroatoms. The average molecular weight is 256 g/mol. The van der Waals surface area contributed by atoms with Gasteiger partial charge in [0.25, 0.3) is 0 Å². The highest BCUT2D eigenvalue weighted by Crippen LogP contribution is 2.26. The molecule has 0 aromatic heterocycles. The molecule has 4 nitrogen and oxygen atoms in total. The summed E-state index contributed by atoms with van der Waals surface area (Å²) in [4.78, 5) is 2.28. The van der Waals surface area contributed by atoms with Crippen molar-refractivity contribution in [1.29, 1.82) is 0 Å². The highest BCUT2D eigenvalue weighted by molar-refractivity contribution is 8.13. The first-order valence-electron chi connectivity index (χ1n) is 5.18. The van der Waals surface area contributed by atoms with Crippen LogP contribution >= 0.6 is 10.7 Å². The van der Waals surface area contributed by atoms with Crippen LogP contribution in [0.25, 0.3) is 0 Å². The van der Waals surface area contributed by atoms with E-state index in [1.54, 1.807) is 7.11 Å². The van der Waals surface area contributed by atoms with E-state index in [9.17, 15) is 8.42 Å². The highest BCUT2D eigenvalue weighted by Gasteiger charge is 2.28. The van der Waals surface area contributed by atoms with Crippen molar-refractivity contribution < 1.29 is 13.2 Å². The highest BCUT2D eigenvalue weighted by atomic mass is 35.7. The number of hydrogen-bond acceptors (Lipinski definition) is 4. The summed E-state index contributed by atoms with van der Waals surface area (Å²) in [5, 5.41) is 0. The van der Waals surface area contributed by atoms with Crippen LogP contribution in [0, 0.1) is 0 Å². The van der Waals surface area contributed by atoms with Gasteiger partial charge >= 0.3 is 0 Å². The molecule has 0 N–H and O–H groups in total. The molecule has 0 aromatic rings. The summed E-state index contributed by atoms with van der Waals surface area (Å²) in [5.74, 6) is 0.0603. The van der Waals surface area contributed by atoms with Crippen molar-refractivity contribution in [2.24, 2.45) is 0 Å². The van der Waals surface area contributed by atoms with E-state index in [-0.39, 0.29) is 5.75 Å². The predicted molar refractivity (Wildman–Crippen MR) is 60.7 cm³/mol. The van der Waals surface area contributed by atoms with E-state index in [2.05, 4.69) is 4.90 Å². The predicted octanol–water partition coefficient (Wildman–Crippen LogP) is 1.06. The lowest BCUT2D eigenvalue weighted by atomic mass is 10.4. The molecular formula is C9H18ClNO3S. The Morgan fingerprint density at radius 1 is 1.40 bits per heavy atom. The molecule has 1 aliphatic carbocycles. The first-order valence-corrected chi connectivity index (χ1v) is 7.66. The van der Waals surface area contributed by atoms with Gasteiger partial charge in [-0.15, -0.1) is 0 Å². The third-order valence-electron chi connectivity index (χ3n) is 2.48. The van der Waals surface area contributed by atoms with Crippen molar-refractivity contribution in [1.82, 2.24) is 4.90 Å². The fourth-order valence-corrected chi connectivity index (χ4v) is 2.37. The zero-order valence-corrected chi connectivity index (χ0v) is 10.6. The van der Waals surface area contributed by atoms with Gasteiger partial charge in [-0.2, -0.15) is 0 Å². The summed E-state index contributed by atoms with van der Waals surface area (Å²) in [6.07, 6.45) is 3.04. The summed E-state index contributed by atoms with van der Waals surface area (Å²) in [6.45, 7) is 2.37. The van der Waals surface area contributed by atoms with Crippen molar-refractivity contribution in [2.45, 2.75) is 25.3 Å². The van der Waals surface area contributed by atoms with E-state index in [0.717, 1.165) is 13.1 Å². The fourth-order valence-electron chi connectivity index (χ4n) is 1.57. The molecule has 90 valence electrons. The summed E-state index contributed by atoms with van der Waals surface area (Å²) in [5.41, 5.74) is 0. The number of methoxy groups -OCH3 is 1. The molecule has 0 spiro atoms. The van der Waals surface area contributed by atoms with Crippen LogP contribution < -0.4 is 0 Å². The summed E-state index contributed by atoms with van der Waals surface area (Å²) >= 11 is 0. The number of nitrogens with zero attached hydrogens (tertiary/aromatic N) is 1. The van der Waals surface area contributed by atoms with Gasteiger partial charge in [-0.3, -0.25) is 4.90 Å². The molecule has 0 saturated heterocycles. The second-order valence-electron chi connectivity index (χ2n) is 3.86. The Morgan fingerprint density at radius 3 is 2.53 bits per heavy atom. The number of ether oxygens (including phenoxy) is 1. The molecule has 0 atom stereocenters. The average Bonchev–Trinajstić information content (AvgIpc) is 2.92. The molecule has 0 aromatic carbocycles. The molecule has 1 aliphatic rings. The lowest BCUT2D eigenvalue weighted by molar-refractivity contribution is 0.143. The molecule has 1 fully saturated rings. The maximum Gasteiger partial charge on any atom is 0.232 e. The minimum atomic E-state index is -3.33. The largest absolute Gasteiger partial charge is 0.383 e. The first kappa shape index (κ1) is 13.2. The van der Waals surface area contributed by atoms with Crippen LogP contribution in [0.15, 0.2) is 0 Å². The van der Waals surface area contributed by atoms with E-state index in [1.165, 1.54) is 12.8 Å². The lowest BCUT2D eigenvalue weighted by Gasteiger charge is -2.20. The van der Waals surface area contributed by atoms with Crippen LogP contribution in [0.5, 0.6) is 0 Å². The SMILES string of the molecule is COCCN(CCCS(=O)(=O)Cl)C1CC1. The van der Waals surface area contributed by atoms with Gasteiger partial charge in [-0.25, -0.2) is 8.42 Å². The van der Waals surface area contributed by atoms with E-state index < -0.39 is 9.05 Å². The fraction of sp³-hybridized carbons (Fsp3) is 1.00. The van der Waals surface area contributed by atoms with Crippen LogP contribution in [0.4, 0.5) is 0 Å². The molecule has 0 amide bonds. The number of hydrogen-bond donors (Lipinski definition) is 0. The minimum absolute atomic E-state index is 0.0603. The molecule has 15 heavy (non-hydrogen) atoms. The molecule has 0 aliphatic heterocycles. The van der Waals surface area contributed by atoms with Crippen molar-refractivity contribution >= 4 is 19.7 Å². The standard InChI is InChI=1S/C9H18ClNO3S/c1-14-7-6-11(9-3-4-9)5-2-8-15(10,12)13/h9H,2-8H2,1H3. The van der Waals surface area contributed by atoms with Crippen LogP contribution in [0.2, 0.25) is 0 Å². The van der Waals surface area contributed by atoms with Crippen LogP contribution in [0.1, 0.15) is 19.3 Å². The van der Waals surface area contributed by atoms with E-state index >= 15 is 0 Å². The van der Waals surface area contributed by atoms with Crippen molar-refractivity contribution in [2.75, 3.05) is 32.6 Å². The van der Waals surface area contributed by atoms with Crippen LogP contribution in [0.3, 0.4) is 0 Å². The zero-order chi connectivity index (χ0) is 11.3. The van der Waals surface area contributed by atoms with Crippen molar-refractivity contribution in [3.8, 4) is 0 Å². The lowest BCUT2D eigenvalue weighted by Crippen LogP contribution is -2.31. The number of rotatable bonds is 8. The minimum Gasteiger partial charge on any atom is -0.383 e. The first-order chi connectivity index (χ1) is 7.03. The van der Waals surface area contributed by atoms with E-state index in [0.29, 0.717) is 19.1 Å². The molecule has 1 saturated carbocycles. The molecular weight excluding hydrogens is 238 g/mol. The number of halogens is 1. The molecule has 1 rings (SSSR count). The quantitative estimate of drug-likeness (QED) is 0.609. The summed E-state index contributed by atoms with van der Waals surface area (Å²) in [6, 6.07) is 0.637. The van der Waals surface area contributed by atoms with Gasteiger partial charge in [0.05, 0.1) is 12.4 Å². The third-order valence-corrected chi connectivity index (χ3v) is 3.72. The normalized spacial score (nSPS) is 17.3. The van der Waals surface area contributed by atoms with Gasteiger partial charge in [-0.05, 0) is 25.8 Å². The van der Waals surface area contributed by atoms with Gasteiger partial charge in [0.1, 0.15) is 0 Å². The van der Waals surface area contributed by atoms with Crippen LogP contribution in [-0.4, -0.2) is 51.9 Å². The maximum absolute atomic E-state index is 10.7. The Kier molecular flexibility index (Phi) is 5.32. The summed E-state index contributed by atoms with van der Waals surface area (Å²) < 4.78 is 26.5. The Hall–Kier alpha value is 0.160.